The number of hydrogen-bond donors (Lipinski definition) is 2. The van der Waals surface area contributed by atoms with Gasteiger partial charge in [0.25, 0.3) is 0 Å². The molecule has 3 N–H and O–H groups in total. The Morgan fingerprint density at radius 1 is 1.40 bits per heavy atom. The number of nitrogens with two attached hydrogens (primary N) is 1. The fourth-order valence-corrected chi connectivity index (χ4v) is 1.48. The van der Waals surface area contributed by atoms with Gasteiger partial charge < -0.3 is 25.1 Å². The van der Waals surface area contributed by atoms with Crippen molar-refractivity contribution in [3.05, 3.63) is 12.3 Å². The number of rotatable bonds is 6. The summed E-state index contributed by atoms with van der Waals surface area (Å²) in [5.74, 6) is 0. The molecule has 0 spiro atoms. The standard InChI is InChI=1S/C10H19NO4/c1-3-13-10(14-4-2)8(11)9-7(12)5-6-15-9/h5-10,12H,3-4,11H2,1-2H3/t7-,8-,9+/m0/s1. The third kappa shape index (κ3) is 3.17. The molecule has 3 atom stereocenters. The fourth-order valence-electron chi connectivity index (χ4n) is 1.48. The lowest BCUT2D eigenvalue weighted by atomic mass is 10.1. The normalized spacial score (nSPS) is 27.0. The molecule has 0 amide bonds. The number of aliphatic hydroxyl groups excluding tert-OH is 1. The van der Waals surface area contributed by atoms with Gasteiger partial charge in [-0.3, -0.25) is 0 Å². The van der Waals surface area contributed by atoms with E-state index in [4.69, 9.17) is 19.9 Å². The van der Waals surface area contributed by atoms with Crippen molar-refractivity contribution in [2.45, 2.75) is 38.4 Å². The van der Waals surface area contributed by atoms with Crippen molar-refractivity contribution in [3.8, 4) is 0 Å². The van der Waals surface area contributed by atoms with Crippen LogP contribution in [0.3, 0.4) is 0 Å². The topological polar surface area (TPSA) is 73.9 Å². The lowest BCUT2D eigenvalue weighted by Crippen LogP contribution is -2.51. The highest BCUT2D eigenvalue weighted by Crippen LogP contribution is 2.17. The van der Waals surface area contributed by atoms with Crippen molar-refractivity contribution in [2.24, 2.45) is 5.73 Å². The van der Waals surface area contributed by atoms with Crippen molar-refractivity contribution in [3.63, 3.8) is 0 Å². The highest BCUT2D eigenvalue weighted by Gasteiger charge is 2.35. The molecule has 5 nitrogen and oxygen atoms in total. The Morgan fingerprint density at radius 2 is 2.00 bits per heavy atom. The summed E-state index contributed by atoms with van der Waals surface area (Å²) >= 11 is 0. The highest BCUT2D eigenvalue weighted by molar-refractivity contribution is 5.00. The Morgan fingerprint density at radius 3 is 2.40 bits per heavy atom. The Hall–Kier alpha value is -0.620. The van der Waals surface area contributed by atoms with Crippen LogP contribution < -0.4 is 5.73 Å². The summed E-state index contributed by atoms with van der Waals surface area (Å²) in [7, 11) is 0. The summed E-state index contributed by atoms with van der Waals surface area (Å²) in [4.78, 5) is 0. The predicted molar refractivity (Wildman–Crippen MR) is 55.0 cm³/mol. The van der Waals surface area contributed by atoms with Gasteiger partial charge in [0.15, 0.2) is 6.29 Å². The van der Waals surface area contributed by atoms with Gasteiger partial charge in [-0.25, -0.2) is 0 Å². The van der Waals surface area contributed by atoms with Gasteiger partial charge in [-0.2, -0.15) is 0 Å². The number of aliphatic hydroxyl groups is 1. The summed E-state index contributed by atoms with van der Waals surface area (Å²) in [6, 6.07) is -0.505. The zero-order valence-electron chi connectivity index (χ0n) is 9.13. The van der Waals surface area contributed by atoms with Crippen LogP contribution in [0.4, 0.5) is 0 Å². The van der Waals surface area contributed by atoms with Crippen molar-refractivity contribution in [1.29, 1.82) is 0 Å². The first-order valence-electron chi connectivity index (χ1n) is 5.19. The SMILES string of the molecule is CCOC(OCC)[C@@H](N)[C@@H]1OC=C[C@@H]1O. The molecule has 15 heavy (non-hydrogen) atoms. The smallest absolute Gasteiger partial charge is 0.176 e. The van der Waals surface area contributed by atoms with E-state index in [2.05, 4.69) is 0 Å². The molecule has 0 aromatic carbocycles. The van der Waals surface area contributed by atoms with Gasteiger partial charge in [-0.05, 0) is 19.9 Å². The second-order valence-electron chi connectivity index (χ2n) is 3.28. The van der Waals surface area contributed by atoms with Crippen LogP contribution in [0.25, 0.3) is 0 Å². The largest absolute Gasteiger partial charge is 0.493 e. The highest BCUT2D eigenvalue weighted by atomic mass is 16.7. The Kier molecular flexibility index (Phi) is 5.04. The molecule has 0 saturated heterocycles. The monoisotopic (exact) mass is 217 g/mol. The molecule has 0 unspecified atom stereocenters. The molecule has 88 valence electrons. The molecule has 0 radical (unpaired) electrons. The van der Waals surface area contributed by atoms with E-state index >= 15 is 0 Å². The first-order chi connectivity index (χ1) is 7.20. The molecule has 1 aliphatic rings. The van der Waals surface area contributed by atoms with Crippen LogP contribution in [0.5, 0.6) is 0 Å². The summed E-state index contributed by atoms with van der Waals surface area (Å²) in [5.41, 5.74) is 5.91. The third-order valence-electron chi connectivity index (χ3n) is 2.20. The minimum atomic E-state index is -0.691. The molecular formula is C10H19NO4. The first kappa shape index (κ1) is 12.4. The van der Waals surface area contributed by atoms with Gasteiger partial charge in [-0.1, -0.05) is 0 Å². The minimum Gasteiger partial charge on any atom is -0.493 e. The van der Waals surface area contributed by atoms with Crippen LogP contribution >= 0.6 is 0 Å². The van der Waals surface area contributed by atoms with E-state index in [1.54, 1.807) is 6.08 Å². The van der Waals surface area contributed by atoms with Crippen molar-refractivity contribution in [2.75, 3.05) is 13.2 Å². The molecule has 1 heterocycles. The van der Waals surface area contributed by atoms with Crippen LogP contribution in [-0.4, -0.2) is 42.9 Å². The van der Waals surface area contributed by atoms with Crippen molar-refractivity contribution < 1.29 is 19.3 Å². The van der Waals surface area contributed by atoms with E-state index in [0.717, 1.165) is 0 Å². The second-order valence-corrected chi connectivity index (χ2v) is 3.28. The van der Waals surface area contributed by atoms with Crippen LogP contribution in [0.2, 0.25) is 0 Å². The maximum absolute atomic E-state index is 9.54. The molecular weight excluding hydrogens is 198 g/mol. The summed E-state index contributed by atoms with van der Waals surface area (Å²) in [6.07, 6.45) is 1.28. The van der Waals surface area contributed by atoms with Gasteiger partial charge >= 0.3 is 0 Å². The summed E-state index contributed by atoms with van der Waals surface area (Å²) < 4.78 is 15.9. The Labute approximate surface area is 89.8 Å². The molecule has 0 saturated carbocycles. The van der Waals surface area contributed by atoms with Crippen LogP contribution in [0, 0.1) is 0 Å². The Balaban J connectivity index is 2.50. The van der Waals surface area contributed by atoms with E-state index in [1.807, 2.05) is 13.8 Å². The van der Waals surface area contributed by atoms with Gasteiger partial charge in [0, 0.05) is 13.2 Å². The predicted octanol–water partition coefficient (Wildman–Crippen LogP) is -0.0138. The molecule has 0 bridgehead atoms. The number of hydrogen-bond acceptors (Lipinski definition) is 5. The zero-order valence-corrected chi connectivity index (χ0v) is 9.13. The van der Waals surface area contributed by atoms with Gasteiger partial charge in [-0.15, -0.1) is 0 Å². The molecule has 1 aliphatic heterocycles. The second kappa shape index (κ2) is 6.07. The summed E-state index contributed by atoms with van der Waals surface area (Å²) in [5, 5.41) is 9.54. The average Bonchev–Trinajstić information content (AvgIpc) is 2.63. The lowest BCUT2D eigenvalue weighted by molar-refractivity contribution is -0.168. The fraction of sp³-hybridized carbons (Fsp3) is 0.800. The molecule has 5 heteroatoms. The van der Waals surface area contributed by atoms with Crippen molar-refractivity contribution >= 4 is 0 Å². The van der Waals surface area contributed by atoms with Crippen molar-refractivity contribution in [1.82, 2.24) is 0 Å². The zero-order chi connectivity index (χ0) is 11.3. The number of ether oxygens (including phenoxy) is 3. The third-order valence-corrected chi connectivity index (χ3v) is 2.20. The van der Waals surface area contributed by atoms with E-state index in [-0.39, 0.29) is 0 Å². The average molecular weight is 217 g/mol. The van der Waals surface area contributed by atoms with Crippen LogP contribution in [0.1, 0.15) is 13.8 Å². The summed E-state index contributed by atoms with van der Waals surface area (Å²) in [6.45, 7) is 4.75. The van der Waals surface area contributed by atoms with E-state index in [0.29, 0.717) is 13.2 Å². The first-order valence-corrected chi connectivity index (χ1v) is 5.19. The van der Waals surface area contributed by atoms with Crippen LogP contribution in [0.15, 0.2) is 12.3 Å². The Bertz CT molecular complexity index is 204. The van der Waals surface area contributed by atoms with Gasteiger partial charge in [0.1, 0.15) is 12.2 Å². The van der Waals surface area contributed by atoms with E-state index in [1.165, 1.54) is 6.26 Å². The molecule has 0 aliphatic carbocycles. The molecule has 1 rings (SSSR count). The van der Waals surface area contributed by atoms with E-state index in [9.17, 15) is 5.11 Å². The van der Waals surface area contributed by atoms with Gasteiger partial charge in [0.2, 0.25) is 0 Å². The molecule has 0 fully saturated rings. The van der Waals surface area contributed by atoms with E-state index < -0.39 is 24.5 Å². The minimum absolute atomic E-state index is 0.493. The molecule has 0 aromatic heterocycles. The quantitative estimate of drug-likeness (QED) is 0.612. The lowest BCUT2D eigenvalue weighted by Gasteiger charge is -2.28. The van der Waals surface area contributed by atoms with Crippen LogP contribution in [-0.2, 0) is 14.2 Å². The maximum atomic E-state index is 9.54. The maximum Gasteiger partial charge on any atom is 0.176 e. The molecule has 0 aromatic rings. The van der Waals surface area contributed by atoms with Gasteiger partial charge in [0.05, 0.1) is 12.3 Å².